The van der Waals surface area contributed by atoms with Crippen molar-refractivity contribution in [1.29, 1.82) is 0 Å². The van der Waals surface area contributed by atoms with Crippen LogP contribution >= 0.6 is 0 Å². The quantitative estimate of drug-likeness (QED) is 0.500. The highest BCUT2D eigenvalue weighted by molar-refractivity contribution is 6.45. The smallest absolute Gasteiger partial charge is 0.334 e. The second-order valence-electron chi connectivity index (χ2n) is 6.15. The molecule has 1 saturated carbocycles. The van der Waals surface area contributed by atoms with Crippen LogP contribution in [0.1, 0.15) is 39.5 Å². The highest BCUT2D eigenvalue weighted by atomic mass is 16.2. The number of carbonyl (C=O) groups is 5. The fourth-order valence-electron chi connectivity index (χ4n) is 3.18. The van der Waals surface area contributed by atoms with E-state index in [0.29, 0.717) is 24.3 Å². The van der Waals surface area contributed by atoms with Crippen molar-refractivity contribution in [2.45, 2.75) is 45.6 Å². The zero-order valence-corrected chi connectivity index (χ0v) is 14.6. The molecular formula is C16H24N4O5. The number of carbonyl (C=O) groups excluding carboxylic acids is 5. The first kappa shape index (κ1) is 18.9. The molecule has 9 nitrogen and oxygen atoms in total. The minimum absolute atomic E-state index is 0.153. The summed E-state index contributed by atoms with van der Waals surface area (Å²) in [5, 5.41) is 2.58. The van der Waals surface area contributed by atoms with Gasteiger partial charge >= 0.3 is 17.8 Å². The number of nitrogens with zero attached hydrogens (tertiary/aromatic N) is 3. The lowest BCUT2D eigenvalue weighted by molar-refractivity contribution is -0.145. The predicted molar refractivity (Wildman–Crippen MR) is 87.1 cm³/mol. The van der Waals surface area contributed by atoms with Crippen molar-refractivity contribution in [3.63, 3.8) is 0 Å². The Hall–Kier alpha value is -2.45. The molecule has 2 rings (SSSR count). The maximum atomic E-state index is 12.4. The number of imide groups is 2. The van der Waals surface area contributed by atoms with Crippen LogP contribution in [0.4, 0.5) is 4.79 Å². The molecule has 1 heterocycles. The third kappa shape index (κ3) is 3.97. The first-order valence-corrected chi connectivity index (χ1v) is 8.64. The fourth-order valence-corrected chi connectivity index (χ4v) is 3.18. The van der Waals surface area contributed by atoms with Crippen molar-refractivity contribution < 1.29 is 24.0 Å². The summed E-state index contributed by atoms with van der Waals surface area (Å²) in [6, 6.07) is -0.994. The molecule has 2 fully saturated rings. The van der Waals surface area contributed by atoms with Gasteiger partial charge < -0.3 is 10.2 Å². The molecule has 0 aromatic heterocycles. The van der Waals surface area contributed by atoms with Gasteiger partial charge in [-0.3, -0.25) is 24.1 Å². The van der Waals surface area contributed by atoms with E-state index in [1.165, 1.54) is 4.90 Å². The number of hydrogen-bond donors (Lipinski definition) is 1. The van der Waals surface area contributed by atoms with Crippen LogP contribution in [0.5, 0.6) is 0 Å². The van der Waals surface area contributed by atoms with E-state index in [9.17, 15) is 24.0 Å². The summed E-state index contributed by atoms with van der Waals surface area (Å²) in [5.74, 6) is -2.70. The number of rotatable bonds is 7. The van der Waals surface area contributed by atoms with Crippen molar-refractivity contribution >= 4 is 29.7 Å². The van der Waals surface area contributed by atoms with E-state index in [-0.39, 0.29) is 25.0 Å². The number of likely N-dealkylation sites (N-methyl/N-ethyl adjacent to an activating group) is 2. The summed E-state index contributed by atoms with van der Waals surface area (Å²) in [5.41, 5.74) is 0. The van der Waals surface area contributed by atoms with Crippen LogP contribution in [0.2, 0.25) is 0 Å². The Labute approximate surface area is 146 Å². The Morgan fingerprint density at radius 1 is 1.12 bits per heavy atom. The van der Waals surface area contributed by atoms with Crippen molar-refractivity contribution in [2.24, 2.45) is 0 Å². The van der Waals surface area contributed by atoms with Gasteiger partial charge in [0.2, 0.25) is 11.8 Å². The van der Waals surface area contributed by atoms with E-state index in [0.717, 1.165) is 17.7 Å². The van der Waals surface area contributed by atoms with Gasteiger partial charge in [-0.1, -0.05) is 12.8 Å². The maximum absolute atomic E-state index is 12.4. The molecule has 0 radical (unpaired) electrons. The normalized spacial score (nSPS) is 18.2. The van der Waals surface area contributed by atoms with Gasteiger partial charge in [-0.15, -0.1) is 0 Å². The second-order valence-corrected chi connectivity index (χ2v) is 6.15. The molecule has 25 heavy (non-hydrogen) atoms. The number of amides is 6. The largest absolute Gasteiger partial charge is 0.355 e. The Balaban J connectivity index is 2.03. The summed E-state index contributed by atoms with van der Waals surface area (Å²) >= 11 is 0. The summed E-state index contributed by atoms with van der Waals surface area (Å²) in [6.45, 7) is 3.48. The number of hydrogen-bond acceptors (Lipinski definition) is 5. The van der Waals surface area contributed by atoms with E-state index < -0.39 is 30.3 Å². The molecule has 0 bridgehead atoms. The van der Waals surface area contributed by atoms with Gasteiger partial charge in [0.05, 0.1) is 6.54 Å². The standard InChI is InChI=1S/C16H24N4O5/c1-3-17-12(21)9-18(4-2)13(22)10-19-14(23)15(24)20(16(19)25)11-7-5-6-8-11/h11H,3-10H2,1-2H3,(H,17,21). The van der Waals surface area contributed by atoms with E-state index in [1.54, 1.807) is 13.8 Å². The Bertz CT molecular complexity index is 585. The van der Waals surface area contributed by atoms with Crippen LogP contribution in [0, 0.1) is 0 Å². The summed E-state index contributed by atoms with van der Waals surface area (Å²) in [6.07, 6.45) is 3.19. The van der Waals surface area contributed by atoms with Crippen molar-refractivity contribution in [3.8, 4) is 0 Å². The van der Waals surface area contributed by atoms with E-state index in [4.69, 9.17) is 0 Å². The first-order valence-electron chi connectivity index (χ1n) is 8.64. The zero-order chi connectivity index (χ0) is 18.6. The van der Waals surface area contributed by atoms with E-state index in [2.05, 4.69) is 5.32 Å². The fraction of sp³-hybridized carbons (Fsp3) is 0.688. The minimum Gasteiger partial charge on any atom is -0.355 e. The molecule has 1 N–H and O–H groups in total. The Morgan fingerprint density at radius 3 is 2.32 bits per heavy atom. The van der Waals surface area contributed by atoms with Gasteiger partial charge in [0.1, 0.15) is 6.54 Å². The van der Waals surface area contributed by atoms with E-state index in [1.807, 2.05) is 0 Å². The van der Waals surface area contributed by atoms with Crippen LogP contribution in [0.25, 0.3) is 0 Å². The topological polar surface area (TPSA) is 107 Å². The molecular weight excluding hydrogens is 328 g/mol. The van der Waals surface area contributed by atoms with Gasteiger partial charge in [0, 0.05) is 19.1 Å². The van der Waals surface area contributed by atoms with Crippen LogP contribution < -0.4 is 5.32 Å². The molecule has 0 aromatic carbocycles. The van der Waals surface area contributed by atoms with Gasteiger partial charge in [0.15, 0.2) is 0 Å². The summed E-state index contributed by atoms with van der Waals surface area (Å²) in [7, 11) is 0. The van der Waals surface area contributed by atoms with Gasteiger partial charge in [-0.2, -0.15) is 0 Å². The lowest BCUT2D eigenvalue weighted by Crippen LogP contribution is -2.47. The summed E-state index contributed by atoms with van der Waals surface area (Å²) in [4.78, 5) is 63.6. The SMILES string of the molecule is CCNC(=O)CN(CC)C(=O)CN1C(=O)C(=O)N(C2CCCC2)C1=O. The maximum Gasteiger partial charge on any atom is 0.334 e. The van der Waals surface area contributed by atoms with Crippen LogP contribution in [0.3, 0.4) is 0 Å². The lowest BCUT2D eigenvalue weighted by atomic mass is 10.2. The van der Waals surface area contributed by atoms with Gasteiger partial charge in [-0.05, 0) is 26.7 Å². The first-order chi connectivity index (χ1) is 11.9. The molecule has 1 saturated heterocycles. The molecule has 0 spiro atoms. The van der Waals surface area contributed by atoms with Crippen molar-refractivity contribution in [1.82, 2.24) is 20.0 Å². The Kier molecular flexibility index (Phi) is 6.11. The second kappa shape index (κ2) is 8.09. The zero-order valence-electron chi connectivity index (χ0n) is 14.6. The molecule has 1 aliphatic heterocycles. The molecule has 138 valence electrons. The highest BCUT2D eigenvalue weighted by Gasteiger charge is 2.48. The number of nitrogens with one attached hydrogen (secondary N) is 1. The van der Waals surface area contributed by atoms with Crippen molar-refractivity contribution in [2.75, 3.05) is 26.2 Å². The number of urea groups is 1. The average molecular weight is 352 g/mol. The predicted octanol–water partition coefficient (Wildman–Crippen LogP) is -0.296. The minimum atomic E-state index is -0.973. The molecule has 6 amide bonds. The van der Waals surface area contributed by atoms with Gasteiger partial charge in [0.25, 0.3) is 0 Å². The highest BCUT2D eigenvalue weighted by Crippen LogP contribution is 2.27. The Morgan fingerprint density at radius 2 is 1.76 bits per heavy atom. The average Bonchev–Trinajstić information content (AvgIpc) is 3.16. The molecule has 0 unspecified atom stereocenters. The van der Waals surface area contributed by atoms with E-state index >= 15 is 0 Å². The molecule has 9 heteroatoms. The molecule has 0 aromatic rings. The molecule has 0 atom stereocenters. The van der Waals surface area contributed by atoms with Crippen molar-refractivity contribution in [3.05, 3.63) is 0 Å². The monoisotopic (exact) mass is 352 g/mol. The lowest BCUT2D eigenvalue weighted by Gasteiger charge is -2.24. The third-order valence-corrected chi connectivity index (χ3v) is 4.51. The molecule has 1 aliphatic carbocycles. The summed E-state index contributed by atoms with van der Waals surface area (Å²) < 4.78 is 0. The van der Waals surface area contributed by atoms with Gasteiger partial charge in [-0.25, -0.2) is 9.69 Å². The van der Waals surface area contributed by atoms with Crippen LogP contribution in [0.15, 0.2) is 0 Å². The molecule has 2 aliphatic rings. The van der Waals surface area contributed by atoms with Crippen LogP contribution in [-0.4, -0.2) is 76.6 Å². The third-order valence-electron chi connectivity index (χ3n) is 4.51. The van der Waals surface area contributed by atoms with Crippen LogP contribution in [-0.2, 0) is 19.2 Å².